The minimum absolute atomic E-state index is 0.118. The number of piperazine rings is 1. The fourth-order valence-corrected chi connectivity index (χ4v) is 5.25. The van der Waals surface area contributed by atoms with E-state index in [1.165, 1.54) is 15.8 Å². The molecule has 1 aliphatic heterocycles. The van der Waals surface area contributed by atoms with Gasteiger partial charge in [-0.25, -0.2) is 0 Å². The largest absolute Gasteiger partial charge is 0.494 e. The summed E-state index contributed by atoms with van der Waals surface area (Å²) in [5.41, 5.74) is 3.34. The number of fused-ring (bicyclic) bond motifs is 2. The highest BCUT2D eigenvalue weighted by Crippen LogP contribution is 2.31. The Kier molecular flexibility index (Phi) is 5.95. The second kappa shape index (κ2) is 9.17. The van der Waals surface area contributed by atoms with Gasteiger partial charge < -0.3 is 14.5 Å². The van der Waals surface area contributed by atoms with E-state index in [1.54, 1.807) is 17.4 Å². The number of allylic oxidation sites excluding steroid dienone is 1. The number of rotatable bonds is 6. The van der Waals surface area contributed by atoms with Crippen LogP contribution in [0.3, 0.4) is 0 Å². The second-order valence-corrected chi connectivity index (χ2v) is 9.21. The lowest BCUT2D eigenvalue weighted by atomic mass is 9.96. The summed E-state index contributed by atoms with van der Waals surface area (Å²) in [7, 11) is 0. The molecule has 32 heavy (non-hydrogen) atoms. The summed E-state index contributed by atoms with van der Waals surface area (Å²) < 4.78 is 7.15. The first-order valence-corrected chi connectivity index (χ1v) is 12.0. The van der Waals surface area contributed by atoms with E-state index in [1.807, 2.05) is 29.2 Å². The van der Waals surface area contributed by atoms with Crippen LogP contribution in [0.15, 0.2) is 53.9 Å². The topological polar surface area (TPSA) is 49.9 Å². The van der Waals surface area contributed by atoms with Crippen molar-refractivity contribution in [3.8, 4) is 5.75 Å². The maximum Gasteiger partial charge on any atom is 0.222 e. The zero-order valence-corrected chi connectivity index (χ0v) is 18.8. The fraction of sp³-hybridized carbons (Fsp3) is 0.308. The van der Waals surface area contributed by atoms with Gasteiger partial charge in [0.05, 0.1) is 6.61 Å². The Hall–Kier alpha value is -3.12. The van der Waals surface area contributed by atoms with E-state index in [0.717, 1.165) is 43.1 Å². The summed E-state index contributed by atoms with van der Waals surface area (Å²) >= 11 is 1.77. The van der Waals surface area contributed by atoms with Gasteiger partial charge in [-0.3, -0.25) is 9.59 Å². The number of amides is 1. The number of hydrogen-bond donors (Lipinski definition) is 0. The van der Waals surface area contributed by atoms with Gasteiger partial charge in [-0.1, -0.05) is 18.2 Å². The van der Waals surface area contributed by atoms with Gasteiger partial charge in [-0.2, -0.15) is 0 Å². The Morgan fingerprint density at radius 3 is 2.78 bits per heavy atom. The van der Waals surface area contributed by atoms with E-state index in [2.05, 4.69) is 34.5 Å². The van der Waals surface area contributed by atoms with Crippen LogP contribution < -0.4 is 9.64 Å². The average Bonchev–Trinajstić information content (AvgIpc) is 3.31. The van der Waals surface area contributed by atoms with Crippen LogP contribution in [0.25, 0.3) is 16.2 Å². The van der Waals surface area contributed by atoms with E-state index in [-0.39, 0.29) is 11.7 Å². The van der Waals surface area contributed by atoms with Crippen molar-refractivity contribution >= 4 is 44.9 Å². The van der Waals surface area contributed by atoms with Crippen LogP contribution in [0.2, 0.25) is 0 Å². The Morgan fingerprint density at radius 1 is 1.03 bits per heavy atom. The van der Waals surface area contributed by atoms with Crippen LogP contribution in [-0.4, -0.2) is 49.4 Å². The molecule has 5 nitrogen and oxygen atoms in total. The van der Waals surface area contributed by atoms with Crippen molar-refractivity contribution in [3.05, 3.63) is 65.0 Å². The number of anilines is 1. The van der Waals surface area contributed by atoms with E-state index in [4.69, 9.17) is 4.74 Å². The van der Waals surface area contributed by atoms with Crippen molar-refractivity contribution in [2.24, 2.45) is 0 Å². The van der Waals surface area contributed by atoms with Crippen LogP contribution in [-0.2, 0) is 16.0 Å². The van der Waals surface area contributed by atoms with Crippen molar-refractivity contribution < 1.29 is 14.3 Å². The predicted molar refractivity (Wildman–Crippen MR) is 130 cm³/mol. The molecule has 0 saturated carbocycles. The van der Waals surface area contributed by atoms with Crippen LogP contribution in [0.1, 0.15) is 24.0 Å². The Bertz CT molecular complexity index is 1170. The number of carbonyl (C=O) groups is 2. The van der Waals surface area contributed by atoms with Crippen molar-refractivity contribution in [2.45, 2.75) is 19.3 Å². The van der Waals surface area contributed by atoms with Gasteiger partial charge in [0.25, 0.3) is 0 Å². The first kappa shape index (κ1) is 20.8. The number of ketones is 1. The molecule has 1 aromatic heterocycles. The summed E-state index contributed by atoms with van der Waals surface area (Å²) in [6, 6.07) is 14.5. The number of thiophene rings is 1. The third-order valence-electron chi connectivity index (χ3n) is 6.18. The maximum atomic E-state index is 12.7. The fourth-order valence-electron chi connectivity index (χ4n) is 4.44. The molecule has 2 aromatic carbocycles. The van der Waals surface area contributed by atoms with Gasteiger partial charge in [0.15, 0.2) is 5.78 Å². The molecule has 1 fully saturated rings. The van der Waals surface area contributed by atoms with Gasteiger partial charge in [0, 0.05) is 54.8 Å². The lowest BCUT2D eigenvalue weighted by Crippen LogP contribution is -2.48. The third kappa shape index (κ3) is 4.41. The molecule has 0 radical (unpaired) electrons. The summed E-state index contributed by atoms with van der Waals surface area (Å²) in [5.74, 6) is 1.08. The molecule has 0 bridgehead atoms. The van der Waals surface area contributed by atoms with Crippen LogP contribution in [0.5, 0.6) is 5.75 Å². The minimum atomic E-state index is 0.118. The molecule has 0 unspecified atom stereocenters. The lowest BCUT2D eigenvalue weighted by molar-refractivity contribution is -0.131. The molecule has 0 atom stereocenters. The number of carbonyl (C=O) groups excluding carboxylic acids is 2. The van der Waals surface area contributed by atoms with E-state index >= 15 is 0 Å². The zero-order valence-electron chi connectivity index (χ0n) is 18.0. The SMILES string of the molecule is O=C1C=Cc2ccc(OCCCC(=O)N3CCN(c4cccc5sccc45)CC3)cc2C1. The highest BCUT2D eigenvalue weighted by atomic mass is 32.1. The normalized spacial score (nSPS) is 15.8. The highest BCUT2D eigenvalue weighted by Gasteiger charge is 2.22. The molecule has 6 heteroatoms. The van der Waals surface area contributed by atoms with Gasteiger partial charge in [0.1, 0.15) is 5.75 Å². The first-order valence-electron chi connectivity index (χ1n) is 11.1. The Morgan fingerprint density at radius 2 is 1.91 bits per heavy atom. The number of hydrogen-bond acceptors (Lipinski definition) is 5. The smallest absolute Gasteiger partial charge is 0.222 e. The van der Waals surface area contributed by atoms with Crippen LogP contribution >= 0.6 is 11.3 Å². The van der Waals surface area contributed by atoms with Crippen LogP contribution in [0.4, 0.5) is 5.69 Å². The zero-order chi connectivity index (χ0) is 21.9. The lowest BCUT2D eigenvalue weighted by Gasteiger charge is -2.36. The molecule has 0 N–H and O–H groups in total. The molecule has 164 valence electrons. The molecule has 1 saturated heterocycles. The summed E-state index contributed by atoms with van der Waals surface area (Å²) in [6.07, 6.45) is 5.07. The second-order valence-electron chi connectivity index (χ2n) is 8.27. The number of nitrogens with zero attached hydrogens (tertiary/aromatic N) is 2. The third-order valence-corrected chi connectivity index (χ3v) is 7.06. The van der Waals surface area contributed by atoms with Crippen molar-refractivity contribution in [1.29, 1.82) is 0 Å². The Labute approximate surface area is 191 Å². The van der Waals surface area contributed by atoms with Crippen molar-refractivity contribution in [3.63, 3.8) is 0 Å². The van der Waals surface area contributed by atoms with Gasteiger partial charge in [-0.15, -0.1) is 11.3 Å². The van der Waals surface area contributed by atoms with Crippen LogP contribution in [0, 0.1) is 0 Å². The average molecular weight is 447 g/mol. The Balaban J connectivity index is 1.08. The van der Waals surface area contributed by atoms with E-state index < -0.39 is 0 Å². The molecule has 0 spiro atoms. The first-order chi connectivity index (χ1) is 15.7. The molecular weight excluding hydrogens is 420 g/mol. The van der Waals surface area contributed by atoms with Gasteiger partial charge in [0.2, 0.25) is 5.91 Å². The van der Waals surface area contributed by atoms with Crippen molar-refractivity contribution in [2.75, 3.05) is 37.7 Å². The standard InChI is InChI=1S/C26H26N2O3S/c29-21-8-6-19-7-9-22(18-20(19)17-21)31-15-2-5-26(30)28-13-11-27(12-14-28)24-3-1-4-25-23(24)10-16-32-25/h1,3-4,6-10,16,18H,2,5,11-15,17H2. The molecule has 2 aliphatic rings. The number of ether oxygens (including phenoxy) is 1. The highest BCUT2D eigenvalue weighted by molar-refractivity contribution is 7.17. The molecule has 1 amide bonds. The summed E-state index contributed by atoms with van der Waals surface area (Å²) in [6.45, 7) is 3.73. The van der Waals surface area contributed by atoms with Gasteiger partial charge >= 0.3 is 0 Å². The predicted octanol–water partition coefficient (Wildman–Crippen LogP) is 4.55. The number of benzene rings is 2. The quantitative estimate of drug-likeness (QED) is 0.522. The molecular formula is C26H26N2O3S. The van der Waals surface area contributed by atoms with Gasteiger partial charge in [-0.05, 0) is 59.3 Å². The molecule has 3 aromatic rings. The summed E-state index contributed by atoms with van der Waals surface area (Å²) in [4.78, 5) is 28.6. The van der Waals surface area contributed by atoms with E-state index in [0.29, 0.717) is 25.9 Å². The van der Waals surface area contributed by atoms with E-state index in [9.17, 15) is 9.59 Å². The van der Waals surface area contributed by atoms with Crippen molar-refractivity contribution in [1.82, 2.24) is 4.90 Å². The summed E-state index contributed by atoms with van der Waals surface area (Å²) in [5, 5.41) is 3.44. The minimum Gasteiger partial charge on any atom is -0.494 e. The molecule has 2 heterocycles. The maximum absolute atomic E-state index is 12.7. The molecule has 5 rings (SSSR count). The monoisotopic (exact) mass is 446 g/mol. The molecule has 1 aliphatic carbocycles.